The number of piperidine rings is 1. The van der Waals surface area contributed by atoms with Gasteiger partial charge in [0.15, 0.2) is 11.6 Å². The number of likely N-dealkylation sites (tertiary alicyclic amines) is 1. The van der Waals surface area contributed by atoms with E-state index in [9.17, 15) is 0 Å². The Morgan fingerprint density at radius 1 is 1.25 bits per heavy atom. The molecule has 0 aromatic carbocycles. The molecule has 1 N–H and O–H groups in total. The van der Waals surface area contributed by atoms with Crippen molar-refractivity contribution in [3.05, 3.63) is 5.82 Å². The van der Waals surface area contributed by atoms with Gasteiger partial charge < -0.3 is 9.47 Å². The van der Waals surface area contributed by atoms with Crippen LogP contribution < -0.4 is 0 Å². The predicted octanol–water partition coefficient (Wildman–Crippen LogP) is -0.461. The molecule has 16 heavy (non-hydrogen) atoms. The number of rotatable bonds is 2. The van der Waals surface area contributed by atoms with Gasteiger partial charge in [-0.3, -0.25) is 4.90 Å². The van der Waals surface area contributed by atoms with Crippen molar-refractivity contribution in [3.8, 4) is 0 Å². The smallest absolute Gasteiger partial charge is 0.188 e. The Bertz CT molecular complexity index is 326. The third-order valence-electron chi connectivity index (χ3n) is 3.19. The Morgan fingerprint density at radius 3 is 2.62 bits per heavy atom. The molecule has 7 nitrogen and oxygen atoms in total. The molecule has 0 radical (unpaired) electrons. The highest BCUT2D eigenvalue weighted by atomic mass is 16.7. The van der Waals surface area contributed by atoms with E-state index in [0.717, 1.165) is 51.5 Å². The van der Waals surface area contributed by atoms with Gasteiger partial charge in [0, 0.05) is 25.9 Å². The molecule has 7 heteroatoms. The molecule has 2 fully saturated rings. The highest BCUT2D eigenvalue weighted by molar-refractivity contribution is 4.85. The summed E-state index contributed by atoms with van der Waals surface area (Å²) in [5.41, 5.74) is 0. The molecule has 3 rings (SSSR count). The summed E-state index contributed by atoms with van der Waals surface area (Å²) in [6, 6.07) is 0. The summed E-state index contributed by atoms with van der Waals surface area (Å²) < 4.78 is 11.3. The van der Waals surface area contributed by atoms with Crippen molar-refractivity contribution in [1.29, 1.82) is 0 Å². The van der Waals surface area contributed by atoms with Crippen LogP contribution in [0.2, 0.25) is 0 Å². The minimum Gasteiger partial charge on any atom is -0.347 e. The van der Waals surface area contributed by atoms with Crippen molar-refractivity contribution in [3.63, 3.8) is 0 Å². The Balaban J connectivity index is 1.54. The van der Waals surface area contributed by atoms with Crippen LogP contribution in [0.5, 0.6) is 0 Å². The van der Waals surface area contributed by atoms with E-state index < -0.39 is 0 Å². The minimum absolute atomic E-state index is 0.298. The lowest BCUT2D eigenvalue weighted by Crippen LogP contribution is -2.44. The van der Waals surface area contributed by atoms with Gasteiger partial charge in [-0.15, -0.1) is 10.2 Å². The van der Waals surface area contributed by atoms with Gasteiger partial charge in [0.1, 0.15) is 0 Å². The quantitative estimate of drug-likeness (QED) is 0.734. The molecule has 1 aromatic heterocycles. The second kappa shape index (κ2) is 4.08. The van der Waals surface area contributed by atoms with E-state index in [2.05, 4.69) is 25.5 Å². The molecule has 2 aliphatic heterocycles. The van der Waals surface area contributed by atoms with E-state index >= 15 is 0 Å². The summed E-state index contributed by atoms with van der Waals surface area (Å²) in [5.74, 6) is 0.442. The molecule has 2 saturated heterocycles. The molecule has 3 heterocycles. The first-order valence-corrected chi connectivity index (χ1v) is 5.59. The molecule has 0 amide bonds. The summed E-state index contributed by atoms with van der Waals surface area (Å²) in [6.07, 6.45) is 1.84. The first kappa shape index (κ1) is 10.1. The number of H-pyrrole nitrogens is 1. The fraction of sp³-hybridized carbons (Fsp3) is 0.889. The van der Waals surface area contributed by atoms with Crippen LogP contribution in [0.15, 0.2) is 0 Å². The first-order chi connectivity index (χ1) is 7.86. The van der Waals surface area contributed by atoms with Crippen LogP contribution in [-0.4, -0.2) is 57.6 Å². The first-order valence-electron chi connectivity index (χ1n) is 5.59. The highest BCUT2D eigenvalue weighted by Crippen LogP contribution is 2.31. The van der Waals surface area contributed by atoms with Crippen molar-refractivity contribution < 1.29 is 9.47 Å². The standard InChI is InChI=1S/C9H15N5O2/c1-3-14(7-8-10-12-13-11-8)4-2-9(1)15-5-6-16-9/h1-7H2,(H,10,11,12,13). The van der Waals surface area contributed by atoms with Gasteiger partial charge in [-0.2, -0.15) is 5.21 Å². The molecule has 2 aliphatic rings. The second-order valence-corrected chi connectivity index (χ2v) is 4.21. The molecule has 88 valence electrons. The van der Waals surface area contributed by atoms with Crippen LogP contribution in [0.1, 0.15) is 18.7 Å². The van der Waals surface area contributed by atoms with Crippen LogP contribution in [0.25, 0.3) is 0 Å². The zero-order chi connectivity index (χ0) is 10.8. The largest absolute Gasteiger partial charge is 0.347 e. The molecule has 0 unspecified atom stereocenters. The van der Waals surface area contributed by atoms with Crippen LogP contribution in [0.4, 0.5) is 0 Å². The van der Waals surface area contributed by atoms with E-state index in [4.69, 9.17) is 9.47 Å². The number of aromatic nitrogens is 4. The second-order valence-electron chi connectivity index (χ2n) is 4.21. The lowest BCUT2D eigenvalue weighted by atomic mass is 10.0. The van der Waals surface area contributed by atoms with E-state index in [0.29, 0.717) is 0 Å². The van der Waals surface area contributed by atoms with E-state index in [1.165, 1.54) is 0 Å². The summed E-state index contributed by atoms with van der Waals surface area (Å²) in [6.45, 7) is 4.10. The van der Waals surface area contributed by atoms with Crippen LogP contribution in [-0.2, 0) is 16.0 Å². The molecule has 0 aliphatic carbocycles. The maximum Gasteiger partial charge on any atom is 0.188 e. The number of nitrogens with zero attached hydrogens (tertiary/aromatic N) is 4. The Labute approximate surface area is 93.1 Å². The van der Waals surface area contributed by atoms with Crippen molar-refractivity contribution in [1.82, 2.24) is 25.5 Å². The zero-order valence-corrected chi connectivity index (χ0v) is 9.06. The number of hydrogen-bond acceptors (Lipinski definition) is 6. The fourth-order valence-electron chi connectivity index (χ4n) is 2.29. The van der Waals surface area contributed by atoms with Crippen molar-refractivity contribution in [2.75, 3.05) is 26.3 Å². The average Bonchev–Trinajstić information content (AvgIpc) is 2.94. The van der Waals surface area contributed by atoms with Crippen LogP contribution >= 0.6 is 0 Å². The number of aromatic amines is 1. The van der Waals surface area contributed by atoms with Crippen molar-refractivity contribution in [2.24, 2.45) is 0 Å². The van der Waals surface area contributed by atoms with Gasteiger partial charge in [0.05, 0.1) is 19.8 Å². The number of nitrogens with one attached hydrogen (secondary N) is 1. The summed E-state index contributed by atoms with van der Waals surface area (Å²) in [4.78, 5) is 2.29. The van der Waals surface area contributed by atoms with E-state index in [1.807, 2.05) is 0 Å². The molecule has 1 spiro atoms. The Kier molecular flexibility index (Phi) is 2.58. The molecule has 0 atom stereocenters. The predicted molar refractivity (Wildman–Crippen MR) is 53.3 cm³/mol. The van der Waals surface area contributed by atoms with E-state index in [1.54, 1.807) is 0 Å². The normalized spacial score (nSPS) is 25.2. The number of hydrogen-bond donors (Lipinski definition) is 1. The summed E-state index contributed by atoms with van der Waals surface area (Å²) in [7, 11) is 0. The third-order valence-corrected chi connectivity index (χ3v) is 3.19. The maximum atomic E-state index is 5.67. The lowest BCUT2D eigenvalue weighted by Gasteiger charge is -2.36. The Morgan fingerprint density at radius 2 is 2.00 bits per heavy atom. The number of ether oxygens (including phenoxy) is 2. The molecule has 0 saturated carbocycles. The lowest BCUT2D eigenvalue weighted by molar-refractivity contribution is -0.185. The fourth-order valence-corrected chi connectivity index (χ4v) is 2.29. The topological polar surface area (TPSA) is 76.2 Å². The summed E-state index contributed by atoms with van der Waals surface area (Å²) in [5, 5.41) is 13.9. The monoisotopic (exact) mass is 225 g/mol. The number of tetrazole rings is 1. The van der Waals surface area contributed by atoms with Gasteiger partial charge in [-0.05, 0) is 0 Å². The minimum atomic E-state index is -0.298. The zero-order valence-electron chi connectivity index (χ0n) is 9.06. The van der Waals surface area contributed by atoms with Crippen LogP contribution in [0, 0.1) is 0 Å². The van der Waals surface area contributed by atoms with Crippen LogP contribution in [0.3, 0.4) is 0 Å². The van der Waals surface area contributed by atoms with Gasteiger partial charge in [0.25, 0.3) is 0 Å². The molecular formula is C9H15N5O2. The SMILES string of the molecule is C1COC2(CCN(Cc3nn[nH]n3)CC2)O1. The van der Waals surface area contributed by atoms with Gasteiger partial charge in [0.2, 0.25) is 0 Å². The van der Waals surface area contributed by atoms with Crippen molar-refractivity contribution in [2.45, 2.75) is 25.2 Å². The third kappa shape index (κ3) is 1.93. The molecular weight excluding hydrogens is 210 g/mol. The van der Waals surface area contributed by atoms with Gasteiger partial charge in [-0.1, -0.05) is 5.21 Å². The highest BCUT2D eigenvalue weighted by Gasteiger charge is 2.39. The average molecular weight is 225 g/mol. The van der Waals surface area contributed by atoms with Crippen molar-refractivity contribution >= 4 is 0 Å². The van der Waals surface area contributed by atoms with Gasteiger partial charge in [-0.25, -0.2) is 0 Å². The maximum absolute atomic E-state index is 5.67. The van der Waals surface area contributed by atoms with Gasteiger partial charge >= 0.3 is 0 Å². The van der Waals surface area contributed by atoms with E-state index in [-0.39, 0.29) is 5.79 Å². The molecule has 0 bridgehead atoms. The molecule has 1 aromatic rings. The Hall–Kier alpha value is -1.05. The summed E-state index contributed by atoms with van der Waals surface area (Å²) >= 11 is 0.